The molecule has 0 radical (unpaired) electrons. The van der Waals surface area contributed by atoms with Crippen molar-refractivity contribution in [3.63, 3.8) is 0 Å². The maximum absolute atomic E-state index is 12.9. The summed E-state index contributed by atoms with van der Waals surface area (Å²) in [7, 11) is 0. The molecule has 144 valence electrons. The zero-order valence-corrected chi connectivity index (χ0v) is 16.4. The molecule has 0 bridgehead atoms. The van der Waals surface area contributed by atoms with Gasteiger partial charge in [0.25, 0.3) is 0 Å². The zero-order chi connectivity index (χ0) is 19.2. The number of carbonyl (C=O) groups is 2. The lowest BCUT2D eigenvalue weighted by Crippen LogP contribution is -2.53. The van der Waals surface area contributed by atoms with Crippen molar-refractivity contribution in [1.82, 2.24) is 10.6 Å². The summed E-state index contributed by atoms with van der Waals surface area (Å²) < 4.78 is 5.34. The number of ether oxygens (including phenoxy) is 1. The van der Waals surface area contributed by atoms with Crippen LogP contribution >= 0.6 is 0 Å². The van der Waals surface area contributed by atoms with Crippen LogP contribution in [0.3, 0.4) is 0 Å². The Labute approximate surface area is 156 Å². The van der Waals surface area contributed by atoms with E-state index in [2.05, 4.69) is 17.6 Å². The molecule has 2 N–H and O–H groups in total. The second-order valence-corrected chi connectivity index (χ2v) is 8.27. The van der Waals surface area contributed by atoms with Crippen molar-refractivity contribution in [1.29, 1.82) is 0 Å². The Morgan fingerprint density at radius 3 is 2.42 bits per heavy atom. The van der Waals surface area contributed by atoms with E-state index in [9.17, 15) is 9.59 Å². The van der Waals surface area contributed by atoms with Crippen LogP contribution in [0.15, 0.2) is 30.3 Å². The smallest absolute Gasteiger partial charge is 0.408 e. The first kappa shape index (κ1) is 20.3. The van der Waals surface area contributed by atoms with Crippen molar-refractivity contribution >= 4 is 12.0 Å². The molecule has 0 spiro atoms. The third kappa shape index (κ3) is 6.70. The van der Waals surface area contributed by atoms with Crippen LogP contribution in [-0.4, -0.2) is 29.7 Å². The van der Waals surface area contributed by atoms with Crippen molar-refractivity contribution in [3.05, 3.63) is 35.9 Å². The molecule has 3 atom stereocenters. The highest BCUT2D eigenvalue weighted by molar-refractivity contribution is 5.86. The van der Waals surface area contributed by atoms with Gasteiger partial charge in [-0.3, -0.25) is 4.79 Å². The molecule has 0 unspecified atom stereocenters. The quantitative estimate of drug-likeness (QED) is 0.839. The highest BCUT2D eigenvalue weighted by Gasteiger charge is 2.29. The van der Waals surface area contributed by atoms with Gasteiger partial charge in [-0.15, -0.1) is 0 Å². The topological polar surface area (TPSA) is 67.4 Å². The summed E-state index contributed by atoms with van der Waals surface area (Å²) in [5, 5.41) is 5.90. The Hall–Kier alpha value is -2.04. The largest absolute Gasteiger partial charge is 0.444 e. The third-order valence-electron chi connectivity index (χ3n) is 4.73. The summed E-state index contributed by atoms with van der Waals surface area (Å²) in [6.07, 6.45) is 4.36. The summed E-state index contributed by atoms with van der Waals surface area (Å²) in [6, 6.07) is 9.24. The summed E-state index contributed by atoms with van der Waals surface area (Å²) in [5.41, 5.74) is 0.399. The van der Waals surface area contributed by atoms with Crippen LogP contribution in [0.2, 0.25) is 0 Å². The van der Waals surface area contributed by atoms with Crippen LogP contribution in [0.25, 0.3) is 0 Å². The van der Waals surface area contributed by atoms with Crippen LogP contribution in [0.1, 0.15) is 58.9 Å². The monoisotopic (exact) mass is 360 g/mol. The van der Waals surface area contributed by atoms with Crippen LogP contribution in [0.5, 0.6) is 0 Å². The van der Waals surface area contributed by atoms with Gasteiger partial charge in [-0.1, -0.05) is 50.1 Å². The fourth-order valence-electron chi connectivity index (χ4n) is 3.32. The maximum atomic E-state index is 12.9. The lowest BCUT2D eigenvalue weighted by Gasteiger charge is -2.31. The molecule has 0 aliphatic heterocycles. The lowest BCUT2D eigenvalue weighted by atomic mass is 9.85. The van der Waals surface area contributed by atoms with E-state index >= 15 is 0 Å². The molecule has 2 rings (SSSR count). The van der Waals surface area contributed by atoms with E-state index in [1.807, 2.05) is 51.1 Å². The molecule has 1 fully saturated rings. The van der Waals surface area contributed by atoms with Crippen molar-refractivity contribution in [3.8, 4) is 0 Å². The van der Waals surface area contributed by atoms with E-state index in [1.165, 1.54) is 6.42 Å². The standard InChI is InChI=1S/C21H32N2O3/c1-15-10-8-9-13-17(15)22-19(24)18(14-16-11-6-5-7-12-16)23-20(25)26-21(2,3)4/h5-7,11-12,15,17-18H,8-10,13-14H2,1-4H3,(H,22,24)(H,23,25)/t15-,17+,18-/m0/s1. The van der Waals surface area contributed by atoms with Gasteiger partial charge in [-0.2, -0.15) is 0 Å². The molecule has 1 aliphatic carbocycles. The first-order valence-corrected chi connectivity index (χ1v) is 9.58. The van der Waals surface area contributed by atoms with E-state index in [-0.39, 0.29) is 11.9 Å². The minimum atomic E-state index is -0.652. The van der Waals surface area contributed by atoms with Gasteiger partial charge in [0.05, 0.1) is 0 Å². The molecule has 1 aliphatic rings. The number of nitrogens with one attached hydrogen (secondary N) is 2. The summed E-state index contributed by atoms with van der Waals surface area (Å²) in [4.78, 5) is 25.1. The van der Waals surface area contributed by atoms with Crippen molar-refractivity contribution < 1.29 is 14.3 Å². The zero-order valence-electron chi connectivity index (χ0n) is 16.4. The highest BCUT2D eigenvalue weighted by Crippen LogP contribution is 2.23. The van der Waals surface area contributed by atoms with Gasteiger partial charge < -0.3 is 15.4 Å². The average Bonchev–Trinajstić information content (AvgIpc) is 2.55. The average molecular weight is 360 g/mol. The Balaban J connectivity index is 2.05. The Kier molecular flexibility index (Phi) is 7.06. The molecule has 2 amide bonds. The van der Waals surface area contributed by atoms with Crippen LogP contribution in [0, 0.1) is 5.92 Å². The fraction of sp³-hybridized carbons (Fsp3) is 0.619. The van der Waals surface area contributed by atoms with Crippen molar-refractivity contribution in [2.45, 2.75) is 77.5 Å². The molecule has 5 heteroatoms. The van der Waals surface area contributed by atoms with Gasteiger partial charge in [0.2, 0.25) is 5.91 Å². The molecule has 26 heavy (non-hydrogen) atoms. The number of carbonyl (C=O) groups excluding carboxylic acids is 2. The SMILES string of the molecule is C[C@H]1CCCC[C@H]1NC(=O)[C@H](Cc1ccccc1)NC(=O)OC(C)(C)C. The van der Waals surface area contributed by atoms with E-state index in [0.29, 0.717) is 12.3 Å². The number of rotatable bonds is 5. The molecular formula is C21H32N2O3. The first-order chi connectivity index (χ1) is 12.2. The van der Waals surface area contributed by atoms with Gasteiger partial charge in [0, 0.05) is 12.5 Å². The molecule has 5 nitrogen and oxygen atoms in total. The van der Waals surface area contributed by atoms with Gasteiger partial charge in [0.15, 0.2) is 0 Å². The van der Waals surface area contributed by atoms with Gasteiger partial charge in [-0.25, -0.2) is 4.79 Å². The van der Waals surface area contributed by atoms with Gasteiger partial charge >= 0.3 is 6.09 Å². The first-order valence-electron chi connectivity index (χ1n) is 9.58. The second kappa shape index (κ2) is 9.06. The number of alkyl carbamates (subject to hydrolysis) is 1. The number of amides is 2. The Morgan fingerprint density at radius 1 is 1.15 bits per heavy atom. The number of hydrogen-bond donors (Lipinski definition) is 2. The van der Waals surface area contributed by atoms with E-state index in [0.717, 1.165) is 24.8 Å². The predicted octanol–water partition coefficient (Wildman–Crippen LogP) is 3.82. The minimum Gasteiger partial charge on any atom is -0.444 e. The number of benzene rings is 1. The summed E-state index contributed by atoms with van der Waals surface area (Å²) in [6.45, 7) is 7.60. The molecule has 1 aromatic rings. The highest BCUT2D eigenvalue weighted by atomic mass is 16.6. The Morgan fingerprint density at radius 2 is 1.81 bits per heavy atom. The Bertz CT molecular complexity index is 595. The fourth-order valence-corrected chi connectivity index (χ4v) is 3.32. The maximum Gasteiger partial charge on any atom is 0.408 e. The van der Waals surface area contributed by atoms with E-state index in [4.69, 9.17) is 4.74 Å². The van der Waals surface area contributed by atoms with E-state index < -0.39 is 17.7 Å². The van der Waals surface area contributed by atoms with Crippen LogP contribution in [-0.2, 0) is 16.0 Å². The molecule has 1 saturated carbocycles. The lowest BCUT2D eigenvalue weighted by molar-refractivity contribution is -0.124. The van der Waals surface area contributed by atoms with E-state index in [1.54, 1.807) is 0 Å². The third-order valence-corrected chi connectivity index (χ3v) is 4.73. The van der Waals surface area contributed by atoms with Crippen molar-refractivity contribution in [2.75, 3.05) is 0 Å². The van der Waals surface area contributed by atoms with Gasteiger partial charge in [-0.05, 0) is 45.1 Å². The molecule has 1 aromatic carbocycles. The molecule has 0 saturated heterocycles. The van der Waals surface area contributed by atoms with Crippen LogP contribution in [0.4, 0.5) is 4.79 Å². The molecule has 0 aromatic heterocycles. The summed E-state index contributed by atoms with van der Waals surface area (Å²) in [5.74, 6) is 0.324. The number of hydrogen-bond acceptors (Lipinski definition) is 3. The van der Waals surface area contributed by atoms with Crippen LogP contribution < -0.4 is 10.6 Å². The molecular weight excluding hydrogens is 328 g/mol. The summed E-state index contributed by atoms with van der Waals surface area (Å²) >= 11 is 0. The predicted molar refractivity (Wildman–Crippen MR) is 103 cm³/mol. The van der Waals surface area contributed by atoms with Crippen molar-refractivity contribution in [2.24, 2.45) is 5.92 Å². The molecule has 0 heterocycles. The minimum absolute atomic E-state index is 0.140. The normalized spacial score (nSPS) is 21.5. The van der Waals surface area contributed by atoms with Gasteiger partial charge in [0.1, 0.15) is 11.6 Å². The second-order valence-electron chi connectivity index (χ2n) is 8.27.